The van der Waals surface area contributed by atoms with Gasteiger partial charge in [0.15, 0.2) is 0 Å². The van der Waals surface area contributed by atoms with E-state index in [4.69, 9.17) is 5.26 Å². The van der Waals surface area contributed by atoms with E-state index in [-0.39, 0.29) is 18.7 Å². The van der Waals surface area contributed by atoms with Gasteiger partial charge in [0.25, 0.3) is 0 Å². The highest BCUT2D eigenvalue weighted by atomic mass is 16.5. The summed E-state index contributed by atoms with van der Waals surface area (Å²) in [5.41, 5.74) is 0. The Morgan fingerprint density at radius 2 is 2.23 bits per heavy atom. The molecule has 1 atom stereocenters. The zero-order chi connectivity index (χ0) is 10.3. The Bertz CT molecular complexity index is 232. The number of hydrogen-bond acceptors (Lipinski definition) is 4. The lowest BCUT2D eigenvalue weighted by Gasteiger charge is -2.13. The molecule has 0 aliphatic heterocycles. The van der Waals surface area contributed by atoms with Gasteiger partial charge in [0, 0.05) is 13.3 Å². The fraction of sp³-hybridized carbons (Fsp3) is 0.625. The van der Waals surface area contributed by atoms with E-state index in [2.05, 4.69) is 10.1 Å². The van der Waals surface area contributed by atoms with Gasteiger partial charge in [0.2, 0.25) is 5.91 Å². The topological polar surface area (TPSA) is 79.2 Å². The van der Waals surface area contributed by atoms with Crippen LogP contribution in [0.1, 0.15) is 19.8 Å². The van der Waals surface area contributed by atoms with Gasteiger partial charge in [-0.05, 0) is 6.42 Å². The van der Waals surface area contributed by atoms with Gasteiger partial charge in [-0.1, -0.05) is 0 Å². The van der Waals surface area contributed by atoms with Gasteiger partial charge in [-0.25, -0.2) is 4.79 Å². The molecule has 0 fully saturated rings. The molecule has 0 saturated carbocycles. The first-order valence-corrected chi connectivity index (χ1v) is 3.83. The molecule has 0 radical (unpaired) electrons. The minimum atomic E-state index is -0.706. The summed E-state index contributed by atoms with van der Waals surface area (Å²) in [5.74, 6) is -0.834. The molecule has 1 amide bonds. The minimum absolute atomic E-state index is 0.208. The van der Waals surface area contributed by atoms with E-state index in [9.17, 15) is 9.59 Å². The minimum Gasteiger partial charge on any atom is -0.467 e. The summed E-state index contributed by atoms with van der Waals surface area (Å²) in [6.07, 6.45) is 0.489. The highest BCUT2D eigenvalue weighted by molar-refractivity contribution is 5.83. The highest BCUT2D eigenvalue weighted by Gasteiger charge is 2.18. The van der Waals surface area contributed by atoms with Gasteiger partial charge < -0.3 is 10.1 Å². The van der Waals surface area contributed by atoms with Crippen LogP contribution in [0.15, 0.2) is 0 Å². The van der Waals surface area contributed by atoms with Gasteiger partial charge in [-0.3, -0.25) is 4.79 Å². The van der Waals surface area contributed by atoms with Gasteiger partial charge in [-0.15, -0.1) is 0 Å². The van der Waals surface area contributed by atoms with Crippen LogP contribution in [0.2, 0.25) is 0 Å². The van der Waals surface area contributed by atoms with Crippen molar-refractivity contribution in [1.82, 2.24) is 5.32 Å². The molecule has 5 nitrogen and oxygen atoms in total. The first-order chi connectivity index (χ1) is 6.11. The Morgan fingerprint density at radius 1 is 1.62 bits per heavy atom. The van der Waals surface area contributed by atoms with E-state index in [1.54, 1.807) is 0 Å². The van der Waals surface area contributed by atoms with Crippen LogP contribution in [-0.4, -0.2) is 25.0 Å². The summed E-state index contributed by atoms with van der Waals surface area (Å²) in [5, 5.41) is 10.7. The fourth-order valence-corrected chi connectivity index (χ4v) is 0.845. The van der Waals surface area contributed by atoms with Gasteiger partial charge in [-0.2, -0.15) is 5.26 Å². The third kappa shape index (κ3) is 4.80. The highest BCUT2D eigenvalue weighted by Crippen LogP contribution is 1.98. The number of hydrogen-bond donors (Lipinski definition) is 1. The van der Waals surface area contributed by atoms with Crippen molar-refractivity contribution in [2.24, 2.45) is 0 Å². The maximum atomic E-state index is 11.0. The monoisotopic (exact) mass is 184 g/mol. The molecule has 0 aliphatic carbocycles. The summed E-state index contributed by atoms with van der Waals surface area (Å²) >= 11 is 0. The first kappa shape index (κ1) is 11.4. The molecule has 0 heterocycles. The number of ether oxygens (including phenoxy) is 1. The molecule has 0 rings (SSSR count). The van der Waals surface area contributed by atoms with Gasteiger partial charge in [0.05, 0.1) is 13.2 Å². The smallest absolute Gasteiger partial charge is 0.328 e. The predicted octanol–water partition coefficient (Wildman–Crippen LogP) is -0.0321. The fourth-order valence-electron chi connectivity index (χ4n) is 0.845. The van der Waals surface area contributed by atoms with E-state index in [0.717, 1.165) is 0 Å². The number of carbonyl (C=O) groups excluding carboxylic acids is 2. The second-order valence-electron chi connectivity index (χ2n) is 2.47. The van der Waals surface area contributed by atoms with Crippen molar-refractivity contribution >= 4 is 11.9 Å². The summed E-state index contributed by atoms with van der Waals surface area (Å²) in [7, 11) is 1.24. The molecular weight excluding hydrogens is 172 g/mol. The molecule has 0 spiro atoms. The van der Waals surface area contributed by atoms with Crippen molar-refractivity contribution in [2.45, 2.75) is 25.8 Å². The number of nitrogens with one attached hydrogen (secondary N) is 1. The van der Waals surface area contributed by atoms with Crippen LogP contribution in [0.25, 0.3) is 0 Å². The van der Waals surface area contributed by atoms with Crippen molar-refractivity contribution in [3.63, 3.8) is 0 Å². The summed E-state index contributed by atoms with van der Waals surface area (Å²) < 4.78 is 4.45. The molecule has 72 valence electrons. The van der Waals surface area contributed by atoms with Crippen LogP contribution < -0.4 is 5.32 Å². The lowest BCUT2D eigenvalue weighted by molar-refractivity contribution is -0.145. The number of nitrogens with zero attached hydrogens (tertiary/aromatic N) is 1. The largest absolute Gasteiger partial charge is 0.467 e. The zero-order valence-corrected chi connectivity index (χ0v) is 7.66. The molecule has 0 unspecified atom stereocenters. The van der Waals surface area contributed by atoms with E-state index in [0.29, 0.717) is 0 Å². The van der Waals surface area contributed by atoms with E-state index >= 15 is 0 Å². The molecule has 0 aromatic carbocycles. The maximum absolute atomic E-state index is 11.0. The Labute approximate surface area is 76.7 Å². The number of amides is 1. The van der Waals surface area contributed by atoms with Crippen molar-refractivity contribution in [1.29, 1.82) is 5.26 Å². The average Bonchev–Trinajstić information content (AvgIpc) is 2.10. The van der Waals surface area contributed by atoms with Crippen molar-refractivity contribution in [2.75, 3.05) is 7.11 Å². The third-order valence-corrected chi connectivity index (χ3v) is 1.41. The predicted molar refractivity (Wildman–Crippen MR) is 44.5 cm³/mol. The molecule has 5 heteroatoms. The lowest BCUT2D eigenvalue weighted by atomic mass is 10.1. The van der Waals surface area contributed by atoms with Crippen LogP contribution in [0.3, 0.4) is 0 Å². The molecule has 0 aliphatic rings. The van der Waals surface area contributed by atoms with Crippen LogP contribution in [-0.2, 0) is 14.3 Å². The van der Waals surface area contributed by atoms with Crippen LogP contribution in [0.5, 0.6) is 0 Å². The number of rotatable bonds is 4. The summed E-state index contributed by atoms with van der Waals surface area (Å²) in [4.78, 5) is 21.6. The first-order valence-electron chi connectivity index (χ1n) is 3.83. The van der Waals surface area contributed by atoms with Gasteiger partial charge >= 0.3 is 5.97 Å². The van der Waals surface area contributed by atoms with Gasteiger partial charge in [0.1, 0.15) is 6.04 Å². The zero-order valence-electron chi connectivity index (χ0n) is 7.66. The number of carbonyl (C=O) groups is 2. The Balaban J connectivity index is 4.11. The molecule has 0 aromatic heterocycles. The second kappa shape index (κ2) is 6.00. The Morgan fingerprint density at radius 3 is 2.62 bits per heavy atom. The number of methoxy groups -OCH3 is 1. The Hall–Kier alpha value is -1.57. The van der Waals surface area contributed by atoms with Crippen molar-refractivity contribution < 1.29 is 14.3 Å². The van der Waals surface area contributed by atoms with E-state index in [1.807, 2.05) is 6.07 Å². The number of nitriles is 1. The molecular formula is C8H12N2O3. The molecule has 0 aromatic rings. The maximum Gasteiger partial charge on any atom is 0.328 e. The van der Waals surface area contributed by atoms with Crippen LogP contribution >= 0.6 is 0 Å². The normalized spacial score (nSPS) is 11.2. The third-order valence-electron chi connectivity index (χ3n) is 1.41. The van der Waals surface area contributed by atoms with E-state index in [1.165, 1.54) is 14.0 Å². The summed E-state index contributed by atoms with van der Waals surface area (Å²) in [6.45, 7) is 1.31. The number of esters is 1. The van der Waals surface area contributed by atoms with Crippen molar-refractivity contribution in [3.05, 3.63) is 0 Å². The van der Waals surface area contributed by atoms with E-state index < -0.39 is 12.0 Å². The standard InChI is InChI=1S/C8H12N2O3/c1-6(11)10-7(4-3-5-9)8(12)13-2/h7H,3-4H2,1-2H3,(H,10,11)/t7-/m1/s1. The SMILES string of the molecule is COC(=O)[C@@H](CCC#N)NC(C)=O. The molecule has 0 saturated heterocycles. The quantitative estimate of drug-likeness (QED) is 0.622. The van der Waals surface area contributed by atoms with Crippen molar-refractivity contribution in [3.8, 4) is 6.07 Å². The second-order valence-corrected chi connectivity index (χ2v) is 2.47. The lowest BCUT2D eigenvalue weighted by Crippen LogP contribution is -2.40. The van der Waals surface area contributed by atoms with Crippen LogP contribution in [0.4, 0.5) is 0 Å². The summed E-state index contributed by atoms with van der Waals surface area (Å²) in [6, 6.07) is 1.18. The molecule has 13 heavy (non-hydrogen) atoms. The molecule has 1 N–H and O–H groups in total. The average molecular weight is 184 g/mol. The molecule has 0 bridgehead atoms. The van der Waals surface area contributed by atoms with Crippen LogP contribution in [0, 0.1) is 11.3 Å². The Kier molecular flexibility index (Phi) is 5.28.